The van der Waals surface area contributed by atoms with E-state index in [1.807, 2.05) is 9.80 Å². The van der Waals surface area contributed by atoms with E-state index in [2.05, 4.69) is 10.1 Å². The molecule has 0 bridgehead atoms. The first-order valence-corrected chi connectivity index (χ1v) is 16.8. The van der Waals surface area contributed by atoms with Crippen LogP contribution in [0.4, 0.5) is 37.8 Å². The molecule has 0 aliphatic carbocycles. The molecule has 6 heterocycles. The number of nitrogen functional groups attached to an aromatic ring is 1. The first kappa shape index (κ1) is 35.3. The molecule has 7 rings (SSSR count). The summed E-state index contributed by atoms with van der Waals surface area (Å²) in [5.74, 6) is -1.51. The van der Waals surface area contributed by atoms with Crippen molar-refractivity contribution in [3.05, 3.63) is 68.4 Å². The maximum atomic E-state index is 14.7. The molecule has 2 saturated heterocycles. The van der Waals surface area contributed by atoms with Crippen molar-refractivity contribution in [3.8, 4) is 6.01 Å². The fourth-order valence-electron chi connectivity index (χ4n) is 7.63. The van der Waals surface area contributed by atoms with Crippen molar-refractivity contribution >= 4 is 29.0 Å². The van der Waals surface area contributed by atoms with Crippen molar-refractivity contribution in [2.24, 2.45) is 0 Å². The van der Waals surface area contributed by atoms with Crippen molar-refractivity contribution in [2.45, 2.75) is 69.6 Å². The first-order chi connectivity index (χ1) is 24.1. The Labute approximate surface area is 293 Å². The van der Waals surface area contributed by atoms with Crippen LogP contribution >= 0.6 is 11.6 Å². The number of nitrogens with zero attached hydrogens (tertiary/aromatic N) is 7. The molecule has 4 aliphatic heterocycles. The Balaban J connectivity index is 1.27. The van der Waals surface area contributed by atoms with E-state index in [4.69, 9.17) is 31.8 Å². The Bertz CT molecular complexity index is 1920. The third-order valence-corrected chi connectivity index (χ3v) is 10.5. The maximum Gasteiger partial charge on any atom is 0.419 e. The van der Waals surface area contributed by atoms with Gasteiger partial charge < -0.3 is 25.0 Å². The molecule has 0 spiro atoms. The first-order valence-electron chi connectivity index (χ1n) is 16.5. The predicted molar refractivity (Wildman–Crippen MR) is 173 cm³/mol. The number of carbonyl (C=O) groups is 1. The average Bonchev–Trinajstić information content (AvgIpc) is 3.66. The van der Waals surface area contributed by atoms with Crippen LogP contribution in [0.25, 0.3) is 0 Å². The highest BCUT2D eigenvalue weighted by Gasteiger charge is 2.48. The molecule has 2 fully saturated rings. The van der Waals surface area contributed by atoms with Gasteiger partial charge in [-0.15, -0.1) is 0 Å². The summed E-state index contributed by atoms with van der Waals surface area (Å²) in [5, 5.41) is 4.65. The molecule has 51 heavy (non-hydrogen) atoms. The minimum Gasteiger partial charge on any atom is -0.461 e. The second-order valence-electron chi connectivity index (χ2n) is 13.6. The van der Waals surface area contributed by atoms with Gasteiger partial charge in [0, 0.05) is 57.0 Å². The minimum atomic E-state index is -5.02. The topological polar surface area (TPSA) is 115 Å². The van der Waals surface area contributed by atoms with Crippen LogP contribution in [0.3, 0.4) is 0 Å². The lowest BCUT2D eigenvalue weighted by molar-refractivity contribution is -0.142. The number of aromatic nitrogens is 4. The predicted octanol–water partition coefficient (Wildman–Crippen LogP) is 5.76. The summed E-state index contributed by atoms with van der Waals surface area (Å²) in [6.07, 6.45) is -6.05. The quantitative estimate of drug-likeness (QED) is 0.249. The third-order valence-electron chi connectivity index (χ3n) is 10.1. The molecule has 11 nitrogen and oxygen atoms in total. The molecule has 274 valence electrons. The second-order valence-corrected chi connectivity index (χ2v) is 14.0. The van der Waals surface area contributed by atoms with Gasteiger partial charge in [0.2, 0.25) is 0 Å². The SMILES string of the molecule is CN(C)C(=O)c1nn2c(c1Cl)CN(c1nc(OC[C@@]34CCCN3CC(=C(F)F)C4)nc3c1COC(c1cc(N)cc(F)c1C(F)(F)F)C3)CCC2. The Morgan fingerprint density at radius 1 is 1.16 bits per heavy atom. The van der Waals surface area contributed by atoms with Gasteiger partial charge in [-0.3, -0.25) is 14.4 Å². The summed E-state index contributed by atoms with van der Waals surface area (Å²) >= 11 is 6.72. The lowest BCUT2D eigenvalue weighted by Crippen LogP contribution is -2.43. The maximum absolute atomic E-state index is 14.7. The molecule has 18 heteroatoms. The standard InChI is InChI=1S/C33H35ClF6N8O3/c1-45(2)30(49)27-26(34)23-14-46(6-4-8-48(23)44-27)29-20-15-50-24(19-9-18(41)10-21(35)25(19)33(38,39)40)11-22(20)42-31(43-29)51-16-32-5-3-7-47(32)13-17(12-32)28(36)37/h9-10,24H,3-8,11-16,41H2,1-2H3/t24?,32-/m0/s1. The van der Waals surface area contributed by atoms with Crippen molar-refractivity contribution in [1.29, 1.82) is 0 Å². The summed E-state index contributed by atoms with van der Waals surface area (Å²) < 4.78 is 98.2. The number of ether oxygens (including phenoxy) is 2. The van der Waals surface area contributed by atoms with Crippen molar-refractivity contribution in [2.75, 3.05) is 51.0 Å². The van der Waals surface area contributed by atoms with Crippen LogP contribution in [0, 0.1) is 5.82 Å². The van der Waals surface area contributed by atoms with Crippen LogP contribution < -0.4 is 15.4 Å². The van der Waals surface area contributed by atoms with Crippen molar-refractivity contribution in [3.63, 3.8) is 0 Å². The van der Waals surface area contributed by atoms with E-state index in [1.54, 1.807) is 18.8 Å². The molecule has 0 saturated carbocycles. The summed E-state index contributed by atoms with van der Waals surface area (Å²) in [5.41, 5.74) is 4.49. The number of alkyl halides is 3. The number of carbonyl (C=O) groups excluding carboxylic acids is 1. The number of amides is 1. The Kier molecular flexibility index (Phi) is 9.11. The molecule has 1 unspecified atom stereocenters. The van der Waals surface area contributed by atoms with Crippen molar-refractivity contribution < 1.29 is 40.6 Å². The van der Waals surface area contributed by atoms with Gasteiger partial charge in [0.25, 0.3) is 12.0 Å². The van der Waals surface area contributed by atoms with E-state index in [9.17, 15) is 31.1 Å². The van der Waals surface area contributed by atoms with E-state index in [-0.39, 0.29) is 73.0 Å². The normalized spacial score (nSPS) is 22.0. The number of anilines is 2. The van der Waals surface area contributed by atoms with Gasteiger partial charge in [-0.05, 0) is 49.9 Å². The molecule has 2 aromatic heterocycles. The number of fused-ring (bicyclic) bond motifs is 3. The number of hydrogen-bond acceptors (Lipinski definition) is 9. The van der Waals surface area contributed by atoms with E-state index >= 15 is 0 Å². The minimum absolute atomic E-state index is 0.00912. The molecule has 2 N–H and O–H groups in total. The largest absolute Gasteiger partial charge is 0.461 e. The van der Waals surface area contributed by atoms with Gasteiger partial charge in [0.05, 0.1) is 46.8 Å². The average molecular weight is 741 g/mol. The van der Waals surface area contributed by atoms with E-state index < -0.39 is 40.8 Å². The zero-order chi connectivity index (χ0) is 36.4. The van der Waals surface area contributed by atoms with Gasteiger partial charge in [0.1, 0.15) is 18.2 Å². The number of rotatable bonds is 6. The summed E-state index contributed by atoms with van der Waals surface area (Å²) in [6.45, 7) is 1.62. The number of benzene rings is 1. The summed E-state index contributed by atoms with van der Waals surface area (Å²) in [7, 11) is 3.18. The highest BCUT2D eigenvalue weighted by atomic mass is 35.5. The fraction of sp³-hybridized carbons (Fsp3) is 0.515. The van der Waals surface area contributed by atoms with Crippen LogP contribution in [-0.2, 0) is 37.0 Å². The molecular formula is C33H35ClF6N8O3. The Hall–Kier alpha value is -4.09. The number of aryl methyl sites for hydroxylation is 1. The lowest BCUT2D eigenvalue weighted by atomic mass is 9.93. The molecular weight excluding hydrogens is 706 g/mol. The van der Waals surface area contributed by atoms with E-state index in [1.165, 1.54) is 4.90 Å². The number of halogens is 7. The molecule has 4 aliphatic rings. The zero-order valence-corrected chi connectivity index (χ0v) is 28.6. The molecule has 1 aromatic carbocycles. The van der Waals surface area contributed by atoms with Gasteiger partial charge >= 0.3 is 12.2 Å². The van der Waals surface area contributed by atoms with Crippen LogP contribution in [0.2, 0.25) is 5.02 Å². The van der Waals surface area contributed by atoms with Gasteiger partial charge in [-0.2, -0.15) is 37.0 Å². The summed E-state index contributed by atoms with van der Waals surface area (Å²) in [6, 6.07) is 1.58. The van der Waals surface area contributed by atoms with Gasteiger partial charge in [0.15, 0.2) is 5.69 Å². The highest BCUT2D eigenvalue weighted by Crippen LogP contribution is 2.45. The van der Waals surface area contributed by atoms with E-state index in [0.717, 1.165) is 12.5 Å². The lowest BCUT2D eigenvalue weighted by Gasteiger charge is -2.33. The van der Waals surface area contributed by atoms with Crippen molar-refractivity contribution in [1.82, 2.24) is 29.5 Å². The van der Waals surface area contributed by atoms with E-state index in [0.29, 0.717) is 61.3 Å². The van der Waals surface area contributed by atoms with Crippen LogP contribution in [-0.4, -0.2) is 81.3 Å². The van der Waals surface area contributed by atoms with Gasteiger partial charge in [-0.25, -0.2) is 4.39 Å². The zero-order valence-electron chi connectivity index (χ0n) is 27.8. The third kappa shape index (κ3) is 6.48. The Morgan fingerprint density at radius 2 is 1.94 bits per heavy atom. The van der Waals surface area contributed by atoms with Crippen LogP contribution in [0.5, 0.6) is 6.01 Å². The molecule has 1 amide bonds. The number of nitrogens with two attached hydrogens (primary N) is 1. The Morgan fingerprint density at radius 3 is 2.67 bits per heavy atom. The molecule has 3 aromatic rings. The monoisotopic (exact) mass is 740 g/mol. The highest BCUT2D eigenvalue weighted by molar-refractivity contribution is 6.34. The number of hydrogen-bond donors (Lipinski definition) is 1. The summed E-state index contributed by atoms with van der Waals surface area (Å²) in [4.78, 5) is 27.4. The second kappa shape index (κ2) is 13.2. The van der Waals surface area contributed by atoms with Crippen LogP contribution in [0.15, 0.2) is 23.8 Å². The molecule has 0 radical (unpaired) electrons. The molecule has 2 atom stereocenters. The smallest absolute Gasteiger partial charge is 0.419 e. The fourth-order valence-corrected chi connectivity index (χ4v) is 7.91. The van der Waals surface area contributed by atoms with Gasteiger partial charge in [-0.1, -0.05) is 11.6 Å². The van der Waals surface area contributed by atoms with Crippen LogP contribution in [0.1, 0.15) is 70.4 Å².